The number of carbonyl (C=O) groups is 1. The van der Waals surface area contributed by atoms with Gasteiger partial charge in [0.1, 0.15) is 54.5 Å². The highest BCUT2D eigenvalue weighted by Gasteiger charge is 2.59. The van der Waals surface area contributed by atoms with Crippen molar-refractivity contribution in [1.29, 1.82) is 0 Å². The third-order valence-corrected chi connectivity index (χ3v) is 9.21. The van der Waals surface area contributed by atoms with E-state index in [1.54, 1.807) is 17.8 Å². The summed E-state index contributed by atoms with van der Waals surface area (Å²) in [5.74, 6) is -6.41. The molecule has 0 aromatic carbocycles. The molecule has 0 radical (unpaired) electrons. The van der Waals surface area contributed by atoms with E-state index in [1.807, 2.05) is 6.92 Å². The Hall–Kier alpha value is -1.99. The molecule has 20 nitrogen and oxygen atoms in total. The molecule has 0 spiro atoms. The molecule has 0 bridgehead atoms. The van der Waals surface area contributed by atoms with Crippen molar-refractivity contribution in [2.75, 3.05) is 19.8 Å². The zero-order valence-electron chi connectivity index (χ0n) is 27.4. The van der Waals surface area contributed by atoms with Crippen molar-refractivity contribution in [3.8, 4) is 0 Å². The van der Waals surface area contributed by atoms with E-state index in [0.29, 0.717) is 12.2 Å². The van der Waals surface area contributed by atoms with Gasteiger partial charge in [-0.15, -0.1) is 5.10 Å². The predicted octanol–water partition coefficient (Wildman–Crippen LogP) is -4.59. The second-order valence-electron chi connectivity index (χ2n) is 12.8. The van der Waals surface area contributed by atoms with E-state index < -0.39 is 130 Å². The minimum Gasteiger partial charge on any atom is -0.477 e. The molecule has 49 heavy (non-hydrogen) atoms. The molecular weight excluding hydrogens is 662 g/mol. The van der Waals surface area contributed by atoms with Gasteiger partial charge < -0.3 is 79.5 Å². The van der Waals surface area contributed by atoms with Crippen LogP contribution in [0, 0.1) is 11.8 Å². The molecule has 282 valence electrons. The number of aromatic nitrogens is 3. The summed E-state index contributed by atoms with van der Waals surface area (Å²) in [4.78, 5) is 12.6. The summed E-state index contributed by atoms with van der Waals surface area (Å²) >= 11 is 0. The molecule has 3 saturated heterocycles. The normalized spacial score (nSPS) is 41.3. The van der Waals surface area contributed by atoms with Gasteiger partial charge in [-0.3, -0.25) is 4.68 Å². The number of nitrogens with zero attached hydrogens (tertiary/aromatic N) is 3. The van der Waals surface area contributed by atoms with Gasteiger partial charge in [-0.2, -0.15) is 0 Å². The average molecular weight is 712 g/mol. The second kappa shape index (κ2) is 17.0. The van der Waals surface area contributed by atoms with Crippen LogP contribution in [-0.4, -0.2) is 177 Å². The van der Waals surface area contributed by atoms with Crippen molar-refractivity contribution < 1.29 is 84.3 Å². The van der Waals surface area contributed by atoms with Crippen LogP contribution < -0.4 is 0 Å². The van der Waals surface area contributed by atoms with Gasteiger partial charge in [-0.05, 0) is 6.42 Å². The average Bonchev–Trinajstić information content (AvgIpc) is 3.53. The van der Waals surface area contributed by atoms with Gasteiger partial charge in [0.05, 0.1) is 50.9 Å². The number of aryl methyl sites for hydroxylation is 1. The van der Waals surface area contributed by atoms with Crippen LogP contribution in [0.5, 0.6) is 0 Å². The molecule has 20 heteroatoms. The third kappa shape index (κ3) is 8.56. The number of hydrogen-bond donors (Lipinski definition) is 10. The fourth-order valence-electron chi connectivity index (χ4n) is 6.18. The van der Waals surface area contributed by atoms with E-state index in [9.17, 15) is 55.9 Å². The fourth-order valence-corrected chi connectivity index (χ4v) is 6.18. The minimum absolute atomic E-state index is 0.0215. The molecule has 0 aliphatic carbocycles. The number of ether oxygens (including phenoxy) is 6. The largest absolute Gasteiger partial charge is 0.477 e. The Balaban J connectivity index is 1.51. The Morgan fingerprint density at radius 1 is 1.00 bits per heavy atom. The van der Waals surface area contributed by atoms with E-state index >= 15 is 0 Å². The van der Waals surface area contributed by atoms with E-state index in [4.69, 9.17) is 28.4 Å². The van der Waals surface area contributed by atoms with E-state index in [0.717, 1.165) is 6.42 Å². The van der Waals surface area contributed by atoms with Gasteiger partial charge in [-0.25, -0.2) is 4.79 Å². The Kier molecular flexibility index (Phi) is 13.8. The van der Waals surface area contributed by atoms with Crippen molar-refractivity contribution in [2.45, 2.75) is 132 Å². The maximum atomic E-state index is 12.6. The van der Waals surface area contributed by atoms with Crippen molar-refractivity contribution in [3.63, 3.8) is 0 Å². The van der Waals surface area contributed by atoms with Crippen LogP contribution in [0.2, 0.25) is 0 Å². The number of aliphatic carboxylic acids is 1. The first-order valence-electron chi connectivity index (χ1n) is 16.2. The molecule has 4 heterocycles. The Bertz CT molecular complexity index is 1190. The lowest BCUT2D eigenvalue weighted by Crippen LogP contribution is -2.68. The number of rotatable bonds is 15. The summed E-state index contributed by atoms with van der Waals surface area (Å²) in [6.45, 7) is 3.13. The zero-order valence-corrected chi connectivity index (χ0v) is 27.4. The number of aliphatic hydroxyl groups excluding tert-OH is 9. The first kappa shape index (κ1) is 39.8. The summed E-state index contributed by atoms with van der Waals surface area (Å²) in [6, 6.07) is 0. The van der Waals surface area contributed by atoms with Crippen molar-refractivity contribution in [3.05, 3.63) is 11.9 Å². The molecule has 0 amide bonds. The summed E-state index contributed by atoms with van der Waals surface area (Å²) in [5.41, 5.74) is 0.504. The van der Waals surface area contributed by atoms with Crippen LogP contribution in [0.1, 0.15) is 39.3 Å². The Morgan fingerprint density at radius 3 is 2.29 bits per heavy atom. The molecular formula is C29H49N3O17. The highest BCUT2D eigenvalue weighted by molar-refractivity contribution is 5.76. The van der Waals surface area contributed by atoms with Gasteiger partial charge >= 0.3 is 5.97 Å². The molecule has 1 aromatic heterocycles. The number of hydrogen-bond acceptors (Lipinski definition) is 18. The molecule has 3 fully saturated rings. The molecule has 3 aliphatic rings. The lowest BCUT2D eigenvalue weighted by molar-refractivity contribution is -0.386. The van der Waals surface area contributed by atoms with Gasteiger partial charge in [0.25, 0.3) is 5.79 Å². The Morgan fingerprint density at radius 2 is 1.67 bits per heavy atom. The van der Waals surface area contributed by atoms with Gasteiger partial charge in [0.2, 0.25) is 0 Å². The van der Waals surface area contributed by atoms with E-state index in [2.05, 4.69) is 10.3 Å². The number of carboxylic acid groups (broad SMARTS) is 1. The SMILES string of the molecule is CCCn1cc(CO[C@@H]2OC(CO)[C@H](O[C@H]3O[C@H](CO)[C@@H](O)C(O[C@]4(C(=O)O)C[C@H](O)[C@@H](C)C([C@H](O)[C@H](O)CO)O4)C3O)[C@H](O)C2C)nn1. The standard InChI is InChI=1S/C29H49N3O17/c1-4-5-32-7-14(30-31-32)11-44-26-13(3)19(38)24(18(10-35)46-26)47-27-22(41)25(21(40)17(9-34)45-27)49-29(28(42)43)6-15(36)12(2)23(48-29)20(39)16(37)8-33/h7,12-13,15-27,33-41H,4-6,8-11H2,1-3H3,(H,42,43)/t12-,13?,15+,16-,17-,18?,19-,20-,21-,22?,23?,24+,25?,26-,27-,29+/m1/s1. The smallest absolute Gasteiger partial charge is 0.364 e. The highest BCUT2D eigenvalue weighted by Crippen LogP contribution is 2.40. The molecule has 3 aliphatic heterocycles. The number of carboxylic acids is 1. The topological polar surface area (TPSA) is 305 Å². The molecule has 16 atom stereocenters. The first-order valence-corrected chi connectivity index (χ1v) is 16.2. The third-order valence-electron chi connectivity index (χ3n) is 9.21. The summed E-state index contributed by atoms with van der Waals surface area (Å²) in [7, 11) is 0. The summed E-state index contributed by atoms with van der Waals surface area (Å²) < 4.78 is 36.1. The van der Waals surface area contributed by atoms with Crippen LogP contribution in [0.4, 0.5) is 0 Å². The maximum Gasteiger partial charge on any atom is 0.364 e. The molecule has 10 N–H and O–H groups in total. The van der Waals surface area contributed by atoms with Crippen LogP contribution in [-0.2, 0) is 46.4 Å². The monoisotopic (exact) mass is 711 g/mol. The van der Waals surface area contributed by atoms with E-state index in [-0.39, 0.29) is 6.61 Å². The van der Waals surface area contributed by atoms with Crippen LogP contribution in [0.25, 0.3) is 0 Å². The molecule has 4 rings (SSSR count). The molecule has 0 saturated carbocycles. The van der Waals surface area contributed by atoms with Gasteiger partial charge in [0, 0.05) is 24.8 Å². The summed E-state index contributed by atoms with van der Waals surface area (Å²) in [6.07, 6.45) is -19.3. The first-order chi connectivity index (χ1) is 23.2. The molecule has 5 unspecified atom stereocenters. The Labute approximate surface area is 281 Å². The minimum atomic E-state index is -2.83. The van der Waals surface area contributed by atoms with Crippen molar-refractivity contribution >= 4 is 5.97 Å². The van der Waals surface area contributed by atoms with Crippen LogP contribution >= 0.6 is 0 Å². The van der Waals surface area contributed by atoms with Crippen molar-refractivity contribution in [2.24, 2.45) is 11.8 Å². The van der Waals surface area contributed by atoms with Gasteiger partial charge in [-0.1, -0.05) is 26.0 Å². The lowest BCUT2D eigenvalue weighted by Gasteiger charge is -2.50. The van der Waals surface area contributed by atoms with E-state index in [1.165, 1.54) is 6.92 Å². The molecule has 1 aromatic rings. The van der Waals surface area contributed by atoms with Crippen molar-refractivity contribution in [1.82, 2.24) is 15.0 Å². The van der Waals surface area contributed by atoms with Gasteiger partial charge in [0.15, 0.2) is 12.6 Å². The van der Waals surface area contributed by atoms with Crippen LogP contribution in [0.15, 0.2) is 6.20 Å². The quantitative estimate of drug-likeness (QED) is 0.0818. The number of aliphatic hydroxyl groups is 9. The van der Waals surface area contributed by atoms with Crippen LogP contribution in [0.3, 0.4) is 0 Å². The lowest BCUT2D eigenvalue weighted by atomic mass is 9.84. The fraction of sp³-hybridized carbons (Fsp3) is 0.897. The predicted molar refractivity (Wildman–Crippen MR) is 158 cm³/mol. The summed E-state index contributed by atoms with van der Waals surface area (Å²) in [5, 5.41) is 112. The second-order valence-corrected chi connectivity index (χ2v) is 12.8. The zero-order chi connectivity index (χ0) is 36.2. The highest BCUT2D eigenvalue weighted by atomic mass is 16.8. The maximum absolute atomic E-state index is 12.6.